The smallest absolute Gasteiger partial charge is 0.404 e. The highest BCUT2D eigenvalue weighted by molar-refractivity contribution is 8.00. The Morgan fingerprint density at radius 1 is 1.21 bits per heavy atom. The highest BCUT2D eigenvalue weighted by atomic mass is 32.2. The van der Waals surface area contributed by atoms with Gasteiger partial charge in [-0.3, -0.25) is 14.6 Å². The van der Waals surface area contributed by atoms with Gasteiger partial charge in [0.05, 0.1) is 22.9 Å². The molecule has 4 N–H and O–H groups in total. The molecule has 34 heavy (non-hydrogen) atoms. The third-order valence-electron chi connectivity index (χ3n) is 5.73. The molecule has 1 fully saturated rings. The van der Waals surface area contributed by atoms with E-state index in [1.54, 1.807) is 37.1 Å². The predicted octanol–water partition coefficient (Wildman–Crippen LogP) is 2.25. The van der Waals surface area contributed by atoms with Gasteiger partial charge < -0.3 is 25.6 Å². The fourth-order valence-electron chi connectivity index (χ4n) is 3.92. The first-order chi connectivity index (χ1) is 16.4. The third kappa shape index (κ3) is 5.66. The van der Waals surface area contributed by atoms with Crippen molar-refractivity contribution in [3.63, 3.8) is 0 Å². The molecule has 4 heterocycles. The summed E-state index contributed by atoms with van der Waals surface area (Å²) in [5.41, 5.74) is 3.03. The molecule has 0 unspecified atom stereocenters. The van der Waals surface area contributed by atoms with Gasteiger partial charge in [0.25, 0.3) is 11.5 Å². The first kappa shape index (κ1) is 23.6. The van der Waals surface area contributed by atoms with Crippen molar-refractivity contribution in [3.8, 4) is 0 Å². The summed E-state index contributed by atoms with van der Waals surface area (Å²) in [6.07, 6.45) is 4.74. The van der Waals surface area contributed by atoms with Gasteiger partial charge in [0, 0.05) is 48.6 Å². The number of thioether (sulfide) groups is 1. The Kier molecular flexibility index (Phi) is 7.31. The largest absolute Gasteiger partial charge is 0.465 e. The van der Waals surface area contributed by atoms with Crippen LogP contribution in [0.5, 0.6) is 0 Å². The number of fused-ring (bicyclic) bond motifs is 1. The fraction of sp³-hybridized carbons (Fsp3) is 0.348. The predicted molar refractivity (Wildman–Crippen MR) is 131 cm³/mol. The molecule has 1 aliphatic heterocycles. The zero-order chi connectivity index (χ0) is 24.1. The number of aromatic nitrogens is 3. The van der Waals surface area contributed by atoms with Gasteiger partial charge in [-0.25, -0.2) is 9.78 Å². The molecule has 11 heteroatoms. The van der Waals surface area contributed by atoms with E-state index in [0.717, 1.165) is 36.5 Å². The van der Waals surface area contributed by atoms with Crippen molar-refractivity contribution in [1.82, 2.24) is 25.6 Å². The number of pyridine rings is 3. The van der Waals surface area contributed by atoms with E-state index in [-0.39, 0.29) is 18.0 Å². The van der Waals surface area contributed by atoms with Gasteiger partial charge in [0.15, 0.2) is 0 Å². The molecular formula is C23H26N6O4S. The molecule has 0 saturated carbocycles. The maximum absolute atomic E-state index is 12.4. The Bertz CT molecular complexity index is 1240. The lowest BCUT2D eigenvalue weighted by Gasteiger charge is -2.33. The standard InChI is InChI=1S/C23H26N6O4S/c1-24-22(31)18-3-2-15(12-26-18)29-8-5-16(6-9-29)34-17-11-20-19(27-13-17)10-14(21(30)28-20)4-7-25-23(32)33/h2-3,10-13,16,25H,4-9H2,1H3,(H,24,31)(H,28,30)(H,32,33). The van der Waals surface area contributed by atoms with E-state index in [4.69, 9.17) is 5.11 Å². The number of anilines is 1. The number of aromatic amines is 1. The first-order valence-corrected chi connectivity index (χ1v) is 11.9. The molecule has 178 valence electrons. The Balaban J connectivity index is 1.35. The van der Waals surface area contributed by atoms with Gasteiger partial charge in [0.1, 0.15) is 5.69 Å². The second-order valence-electron chi connectivity index (χ2n) is 7.99. The number of carbonyl (C=O) groups excluding carboxylic acids is 1. The second-order valence-corrected chi connectivity index (χ2v) is 9.37. The minimum Gasteiger partial charge on any atom is -0.465 e. The number of hydrogen-bond acceptors (Lipinski definition) is 7. The van der Waals surface area contributed by atoms with Gasteiger partial charge in [-0.1, -0.05) is 0 Å². The summed E-state index contributed by atoms with van der Waals surface area (Å²) < 4.78 is 0. The van der Waals surface area contributed by atoms with Crippen LogP contribution >= 0.6 is 11.8 Å². The molecule has 3 aromatic rings. The number of hydrogen-bond donors (Lipinski definition) is 4. The Labute approximate surface area is 200 Å². The summed E-state index contributed by atoms with van der Waals surface area (Å²) in [6.45, 7) is 1.96. The number of nitrogens with zero attached hydrogens (tertiary/aromatic N) is 3. The van der Waals surface area contributed by atoms with Crippen LogP contribution in [0.15, 0.2) is 46.3 Å². The van der Waals surface area contributed by atoms with E-state index >= 15 is 0 Å². The monoisotopic (exact) mass is 482 g/mol. The first-order valence-electron chi connectivity index (χ1n) is 11.0. The maximum atomic E-state index is 12.4. The molecule has 0 atom stereocenters. The molecule has 0 spiro atoms. The molecule has 1 aliphatic rings. The summed E-state index contributed by atoms with van der Waals surface area (Å²) in [4.78, 5) is 49.5. The number of amides is 2. The number of nitrogens with one attached hydrogen (secondary N) is 3. The summed E-state index contributed by atoms with van der Waals surface area (Å²) in [5, 5.41) is 13.9. The van der Waals surface area contributed by atoms with Crippen LogP contribution in [0.25, 0.3) is 11.0 Å². The Morgan fingerprint density at radius 3 is 2.68 bits per heavy atom. The van der Waals surface area contributed by atoms with E-state index in [1.807, 2.05) is 18.3 Å². The van der Waals surface area contributed by atoms with Gasteiger partial charge >= 0.3 is 6.09 Å². The molecule has 1 saturated heterocycles. The number of carboxylic acid groups (broad SMARTS) is 1. The quantitative estimate of drug-likeness (QED) is 0.402. The average molecular weight is 483 g/mol. The second kappa shape index (κ2) is 10.6. The van der Waals surface area contributed by atoms with Crippen LogP contribution in [0.4, 0.5) is 10.5 Å². The van der Waals surface area contributed by atoms with E-state index in [0.29, 0.717) is 34.0 Å². The minimum absolute atomic E-state index is 0.171. The fourth-order valence-corrected chi connectivity index (χ4v) is 5.05. The van der Waals surface area contributed by atoms with Crippen molar-refractivity contribution >= 4 is 40.5 Å². The van der Waals surface area contributed by atoms with Crippen LogP contribution in [-0.2, 0) is 6.42 Å². The van der Waals surface area contributed by atoms with Crippen LogP contribution in [0, 0.1) is 0 Å². The van der Waals surface area contributed by atoms with Crippen molar-refractivity contribution in [2.24, 2.45) is 0 Å². The molecule has 0 radical (unpaired) electrons. The van der Waals surface area contributed by atoms with Gasteiger partial charge in [-0.15, -0.1) is 11.8 Å². The van der Waals surface area contributed by atoms with Gasteiger partial charge in [-0.05, 0) is 43.5 Å². The van der Waals surface area contributed by atoms with Crippen molar-refractivity contribution in [2.75, 3.05) is 31.6 Å². The SMILES string of the molecule is CNC(=O)c1ccc(N2CCC(Sc3cnc4cc(CCNC(=O)O)c(=O)[nH]c4c3)CC2)cn1. The lowest BCUT2D eigenvalue weighted by Crippen LogP contribution is -2.34. The van der Waals surface area contributed by atoms with E-state index in [1.165, 1.54) is 0 Å². The molecule has 2 amide bonds. The van der Waals surface area contributed by atoms with Crippen molar-refractivity contribution in [1.29, 1.82) is 0 Å². The zero-order valence-electron chi connectivity index (χ0n) is 18.7. The summed E-state index contributed by atoms with van der Waals surface area (Å²) in [7, 11) is 1.59. The highest BCUT2D eigenvalue weighted by Crippen LogP contribution is 2.32. The molecule has 10 nitrogen and oxygen atoms in total. The van der Waals surface area contributed by atoms with Crippen LogP contribution in [0.2, 0.25) is 0 Å². The topological polar surface area (TPSA) is 140 Å². The molecule has 0 aliphatic carbocycles. The van der Waals surface area contributed by atoms with Crippen LogP contribution in [-0.4, -0.2) is 64.0 Å². The van der Waals surface area contributed by atoms with Crippen molar-refractivity contribution < 1.29 is 14.7 Å². The molecule has 0 aromatic carbocycles. The van der Waals surface area contributed by atoms with Crippen molar-refractivity contribution in [2.45, 2.75) is 29.4 Å². The van der Waals surface area contributed by atoms with Crippen molar-refractivity contribution in [3.05, 3.63) is 58.3 Å². The minimum atomic E-state index is -1.11. The van der Waals surface area contributed by atoms with Gasteiger partial charge in [0.2, 0.25) is 0 Å². The Hall–Kier alpha value is -3.60. The Morgan fingerprint density at radius 2 is 2.00 bits per heavy atom. The normalized spacial score (nSPS) is 14.2. The molecular weight excluding hydrogens is 456 g/mol. The van der Waals surface area contributed by atoms with E-state index < -0.39 is 6.09 Å². The zero-order valence-corrected chi connectivity index (χ0v) is 19.5. The lowest BCUT2D eigenvalue weighted by atomic mass is 10.1. The summed E-state index contributed by atoms with van der Waals surface area (Å²) in [5.74, 6) is -0.196. The third-order valence-corrected chi connectivity index (χ3v) is 7.03. The number of H-pyrrole nitrogens is 1. The molecule has 3 aromatic heterocycles. The summed E-state index contributed by atoms with van der Waals surface area (Å²) >= 11 is 1.76. The maximum Gasteiger partial charge on any atom is 0.404 e. The lowest BCUT2D eigenvalue weighted by molar-refractivity contribution is 0.0958. The average Bonchev–Trinajstić information content (AvgIpc) is 2.84. The van der Waals surface area contributed by atoms with Crippen LogP contribution < -0.4 is 21.1 Å². The highest BCUT2D eigenvalue weighted by Gasteiger charge is 2.21. The number of piperidine rings is 1. The van der Waals surface area contributed by atoms with Crippen LogP contribution in [0.3, 0.4) is 0 Å². The number of rotatable bonds is 7. The van der Waals surface area contributed by atoms with Crippen LogP contribution in [0.1, 0.15) is 28.9 Å². The summed E-state index contributed by atoms with van der Waals surface area (Å²) in [6, 6.07) is 7.33. The van der Waals surface area contributed by atoms with Gasteiger partial charge in [-0.2, -0.15) is 0 Å². The van der Waals surface area contributed by atoms with E-state index in [9.17, 15) is 14.4 Å². The molecule has 4 rings (SSSR count). The van der Waals surface area contributed by atoms with E-state index in [2.05, 4.69) is 30.5 Å². The molecule has 0 bridgehead atoms. The number of carbonyl (C=O) groups is 2.